The molecule has 0 aliphatic heterocycles. The van der Waals surface area contributed by atoms with Crippen molar-refractivity contribution in [2.75, 3.05) is 12.9 Å². The SMILES string of the molecule is CC(C)C(O)COc1c(-c2ccc(S(C)(=O)=O)cc2)cnn(-c2ccc(F)c(F)c2)c1=O. The Balaban J connectivity index is 2.13. The molecular weight excluding hydrogens is 442 g/mol. The third-order valence-corrected chi connectivity index (χ3v) is 5.97. The van der Waals surface area contributed by atoms with Gasteiger partial charge in [0.15, 0.2) is 27.2 Å². The maximum Gasteiger partial charge on any atom is 0.314 e. The van der Waals surface area contributed by atoms with Crippen molar-refractivity contribution in [1.29, 1.82) is 0 Å². The summed E-state index contributed by atoms with van der Waals surface area (Å²) in [7, 11) is -3.41. The largest absolute Gasteiger partial charge is 0.485 e. The van der Waals surface area contributed by atoms with E-state index in [1.807, 2.05) is 0 Å². The van der Waals surface area contributed by atoms with E-state index in [4.69, 9.17) is 4.74 Å². The lowest BCUT2D eigenvalue weighted by Gasteiger charge is -2.18. The summed E-state index contributed by atoms with van der Waals surface area (Å²) in [4.78, 5) is 13.2. The number of benzene rings is 2. The van der Waals surface area contributed by atoms with Crippen molar-refractivity contribution < 1.29 is 27.0 Å². The van der Waals surface area contributed by atoms with E-state index in [1.54, 1.807) is 13.8 Å². The lowest BCUT2D eigenvalue weighted by atomic mass is 10.1. The number of hydrogen-bond acceptors (Lipinski definition) is 6. The van der Waals surface area contributed by atoms with E-state index in [0.29, 0.717) is 5.56 Å². The fourth-order valence-electron chi connectivity index (χ4n) is 2.83. The molecule has 1 heterocycles. The van der Waals surface area contributed by atoms with Crippen LogP contribution in [0.2, 0.25) is 0 Å². The Bertz CT molecular complexity index is 1290. The molecule has 0 saturated heterocycles. The fraction of sp³-hybridized carbons (Fsp3) is 0.273. The van der Waals surface area contributed by atoms with Gasteiger partial charge in [-0.15, -0.1) is 0 Å². The first-order chi connectivity index (χ1) is 15.0. The van der Waals surface area contributed by atoms with E-state index in [9.17, 15) is 27.1 Å². The predicted molar refractivity (Wildman–Crippen MR) is 115 cm³/mol. The first kappa shape index (κ1) is 23.6. The molecule has 2 aromatic carbocycles. The monoisotopic (exact) mass is 464 g/mol. The highest BCUT2D eigenvalue weighted by atomic mass is 32.2. The van der Waals surface area contributed by atoms with Crippen molar-refractivity contribution in [2.45, 2.75) is 24.8 Å². The third-order valence-electron chi connectivity index (χ3n) is 4.84. The summed E-state index contributed by atoms with van der Waals surface area (Å²) < 4.78 is 56.9. The smallest absolute Gasteiger partial charge is 0.314 e. The van der Waals surface area contributed by atoms with Crippen molar-refractivity contribution in [3.05, 3.63) is 70.6 Å². The van der Waals surface area contributed by atoms with Crippen molar-refractivity contribution >= 4 is 9.84 Å². The zero-order valence-corrected chi connectivity index (χ0v) is 18.4. The molecule has 170 valence electrons. The number of halogens is 2. The van der Waals surface area contributed by atoms with E-state index < -0.39 is 33.1 Å². The van der Waals surface area contributed by atoms with Gasteiger partial charge < -0.3 is 9.84 Å². The molecule has 0 aliphatic rings. The second-order valence-corrected chi connectivity index (χ2v) is 9.64. The number of aliphatic hydroxyl groups excluding tert-OH is 1. The van der Waals surface area contributed by atoms with E-state index >= 15 is 0 Å². The van der Waals surface area contributed by atoms with E-state index in [-0.39, 0.29) is 34.4 Å². The van der Waals surface area contributed by atoms with Crippen LogP contribution in [0.15, 0.2) is 58.4 Å². The predicted octanol–water partition coefficient (Wildman–Crippen LogP) is 2.98. The highest BCUT2D eigenvalue weighted by molar-refractivity contribution is 7.90. The summed E-state index contributed by atoms with van der Waals surface area (Å²) in [6, 6.07) is 8.67. The van der Waals surface area contributed by atoms with Crippen LogP contribution in [0.1, 0.15) is 13.8 Å². The number of sulfone groups is 1. The second kappa shape index (κ2) is 9.17. The Labute approximate surface area is 183 Å². The Kier molecular flexibility index (Phi) is 6.75. The van der Waals surface area contributed by atoms with Gasteiger partial charge in [-0.25, -0.2) is 17.2 Å². The van der Waals surface area contributed by atoms with E-state index in [1.165, 1.54) is 36.5 Å². The zero-order valence-electron chi connectivity index (χ0n) is 17.6. The van der Waals surface area contributed by atoms with Crippen LogP contribution in [0, 0.1) is 17.6 Å². The van der Waals surface area contributed by atoms with Gasteiger partial charge in [-0.2, -0.15) is 9.78 Å². The summed E-state index contributed by atoms with van der Waals surface area (Å²) in [5.74, 6) is -2.52. The van der Waals surface area contributed by atoms with Crippen LogP contribution in [0.3, 0.4) is 0 Å². The van der Waals surface area contributed by atoms with Crippen LogP contribution in [0.4, 0.5) is 8.78 Å². The minimum absolute atomic E-state index is 0.0119. The van der Waals surface area contributed by atoms with Gasteiger partial charge in [0.1, 0.15) is 6.61 Å². The standard InChI is InChI=1S/C22H22F2N2O5S/c1-13(2)20(27)12-31-21-17(14-4-7-16(8-5-14)32(3,29)30)11-25-26(22(21)28)15-6-9-18(23)19(24)10-15/h4-11,13,20,27H,12H2,1-3H3. The highest BCUT2D eigenvalue weighted by Gasteiger charge is 2.19. The molecule has 1 N–H and O–H groups in total. The quantitative estimate of drug-likeness (QED) is 0.577. The number of aliphatic hydroxyl groups is 1. The van der Waals surface area contributed by atoms with Crippen LogP contribution >= 0.6 is 0 Å². The minimum atomic E-state index is -3.41. The molecule has 0 amide bonds. The molecular formula is C22H22F2N2O5S. The molecule has 1 aromatic heterocycles. The molecule has 1 unspecified atom stereocenters. The molecule has 0 radical (unpaired) electrons. The lowest BCUT2D eigenvalue weighted by Crippen LogP contribution is -2.28. The van der Waals surface area contributed by atoms with Crippen molar-refractivity contribution in [3.63, 3.8) is 0 Å². The fourth-order valence-corrected chi connectivity index (χ4v) is 3.46. The molecule has 0 spiro atoms. The van der Waals surface area contributed by atoms with Gasteiger partial charge in [0.05, 0.1) is 22.9 Å². The summed E-state index contributed by atoms with van der Waals surface area (Å²) >= 11 is 0. The average molecular weight is 464 g/mol. The maximum absolute atomic E-state index is 13.7. The van der Waals surface area contributed by atoms with Gasteiger partial charge in [-0.1, -0.05) is 26.0 Å². The highest BCUT2D eigenvalue weighted by Crippen LogP contribution is 2.28. The molecule has 0 aliphatic carbocycles. The van der Waals surface area contributed by atoms with Crippen molar-refractivity contribution in [1.82, 2.24) is 9.78 Å². The Morgan fingerprint density at radius 1 is 1.09 bits per heavy atom. The van der Waals surface area contributed by atoms with Gasteiger partial charge in [0.2, 0.25) is 0 Å². The number of ether oxygens (including phenoxy) is 1. The van der Waals surface area contributed by atoms with Crippen LogP contribution in [-0.4, -0.2) is 42.3 Å². The van der Waals surface area contributed by atoms with Gasteiger partial charge >= 0.3 is 5.56 Å². The first-order valence-corrected chi connectivity index (χ1v) is 11.6. The maximum atomic E-state index is 13.7. The first-order valence-electron chi connectivity index (χ1n) is 9.68. The number of aromatic nitrogens is 2. The molecule has 0 bridgehead atoms. The van der Waals surface area contributed by atoms with Crippen LogP contribution in [0.25, 0.3) is 16.8 Å². The number of nitrogens with zero attached hydrogens (tertiary/aromatic N) is 2. The van der Waals surface area contributed by atoms with Crippen LogP contribution in [-0.2, 0) is 9.84 Å². The molecule has 32 heavy (non-hydrogen) atoms. The van der Waals surface area contributed by atoms with Gasteiger partial charge in [0.25, 0.3) is 0 Å². The van der Waals surface area contributed by atoms with Gasteiger partial charge in [0, 0.05) is 17.9 Å². The van der Waals surface area contributed by atoms with E-state index in [0.717, 1.165) is 23.1 Å². The number of hydrogen-bond donors (Lipinski definition) is 1. The summed E-state index contributed by atoms with van der Waals surface area (Å²) in [5, 5.41) is 14.2. The normalized spacial score (nSPS) is 12.7. The molecule has 10 heteroatoms. The Hall–Kier alpha value is -3.11. The average Bonchev–Trinajstić information content (AvgIpc) is 2.74. The van der Waals surface area contributed by atoms with Crippen LogP contribution < -0.4 is 10.3 Å². The van der Waals surface area contributed by atoms with Crippen molar-refractivity contribution in [3.8, 4) is 22.6 Å². The molecule has 0 saturated carbocycles. The second-order valence-electron chi connectivity index (χ2n) is 7.62. The minimum Gasteiger partial charge on any atom is -0.485 e. The summed E-state index contributed by atoms with van der Waals surface area (Å²) in [6.45, 7) is 3.37. The summed E-state index contributed by atoms with van der Waals surface area (Å²) in [5.41, 5.74) is -0.0582. The third kappa shape index (κ3) is 5.03. The topological polar surface area (TPSA) is 98.5 Å². The molecule has 0 fully saturated rings. The molecule has 3 rings (SSSR count). The van der Waals surface area contributed by atoms with E-state index in [2.05, 4.69) is 5.10 Å². The molecule has 3 aromatic rings. The Morgan fingerprint density at radius 3 is 2.31 bits per heavy atom. The van der Waals surface area contributed by atoms with Crippen LogP contribution in [0.5, 0.6) is 5.75 Å². The van der Waals surface area contributed by atoms with Gasteiger partial charge in [-0.05, 0) is 35.7 Å². The lowest BCUT2D eigenvalue weighted by molar-refractivity contribution is 0.0695. The molecule has 7 nitrogen and oxygen atoms in total. The zero-order chi connectivity index (χ0) is 23.6. The van der Waals surface area contributed by atoms with Gasteiger partial charge in [-0.3, -0.25) is 4.79 Å². The Morgan fingerprint density at radius 2 is 1.75 bits per heavy atom. The molecule has 1 atom stereocenters. The number of rotatable bonds is 7. The van der Waals surface area contributed by atoms with Crippen molar-refractivity contribution in [2.24, 2.45) is 5.92 Å². The summed E-state index contributed by atoms with van der Waals surface area (Å²) in [6.07, 6.45) is 1.52.